The monoisotopic (exact) mass is 423 g/mol. The summed E-state index contributed by atoms with van der Waals surface area (Å²) in [6, 6.07) is 38.7. The van der Waals surface area contributed by atoms with Crippen molar-refractivity contribution in [2.24, 2.45) is 0 Å². The molecule has 2 heterocycles. The van der Waals surface area contributed by atoms with Crippen LogP contribution in [0.4, 0.5) is 0 Å². The lowest BCUT2D eigenvalue weighted by atomic mass is 9.98. The van der Waals surface area contributed by atoms with Gasteiger partial charge in [0.25, 0.3) is 0 Å². The van der Waals surface area contributed by atoms with Crippen LogP contribution >= 0.6 is 0 Å². The van der Waals surface area contributed by atoms with Crippen LogP contribution in [0.15, 0.2) is 114 Å². The summed E-state index contributed by atoms with van der Waals surface area (Å²) in [5.41, 5.74) is 9.03. The Morgan fingerprint density at radius 3 is 2.21 bits per heavy atom. The van der Waals surface area contributed by atoms with Crippen molar-refractivity contribution in [1.29, 1.82) is 0 Å². The van der Waals surface area contributed by atoms with Gasteiger partial charge in [0.15, 0.2) is 0 Å². The lowest BCUT2D eigenvalue weighted by Gasteiger charge is -2.08. The molecular weight excluding hydrogens is 402 g/mol. The van der Waals surface area contributed by atoms with E-state index in [4.69, 9.17) is 4.42 Å². The second-order valence-electron chi connectivity index (χ2n) is 8.65. The molecule has 0 unspecified atom stereocenters. The first-order chi connectivity index (χ1) is 16.3. The third-order valence-electron chi connectivity index (χ3n) is 6.73. The first-order valence-electron chi connectivity index (χ1n) is 11.3. The van der Waals surface area contributed by atoms with Crippen LogP contribution in [-0.4, -0.2) is 4.57 Å². The van der Waals surface area contributed by atoms with Crippen LogP contribution in [0.1, 0.15) is 5.56 Å². The molecule has 2 heteroatoms. The number of aromatic nitrogens is 1. The number of rotatable bonds is 2. The third kappa shape index (κ3) is 2.61. The molecule has 0 saturated heterocycles. The Bertz CT molecular complexity index is 1820. The van der Waals surface area contributed by atoms with Gasteiger partial charge >= 0.3 is 0 Å². The molecule has 0 aliphatic rings. The van der Waals surface area contributed by atoms with E-state index in [1.54, 1.807) is 0 Å². The molecule has 2 aromatic heterocycles. The number of aryl methyl sites for hydroxylation is 1. The van der Waals surface area contributed by atoms with Gasteiger partial charge in [-0.25, -0.2) is 0 Å². The molecule has 0 atom stereocenters. The van der Waals surface area contributed by atoms with Crippen molar-refractivity contribution in [3.8, 4) is 16.8 Å². The summed E-state index contributed by atoms with van der Waals surface area (Å²) in [6.45, 7) is 2.16. The van der Waals surface area contributed by atoms with Gasteiger partial charge in [-0.2, -0.15) is 0 Å². The zero-order valence-corrected chi connectivity index (χ0v) is 18.2. The molecule has 156 valence electrons. The fourth-order valence-electron chi connectivity index (χ4n) is 5.22. The van der Waals surface area contributed by atoms with Gasteiger partial charge in [-0.05, 0) is 54.4 Å². The van der Waals surface area contributed by atoms with Crippen molar-refractivity contribution < 1.29 is 4.42 Å². The Labute approximate surface area is 191 Å². The molecule has 0 fully saturated rings. The first kappa shape index (κ1) is 18.3. The summed E-state index contributed by atoms with van der Waals surface area (Å²) in [5, 5.41) is 4.88. The Hall–Kier alpha value is -4.30. The summed E-state index contributed by atoms with van der Waals surface area (Å²) >= 11 is 0. The minimum atomic E-state index is 0.935. The van der Waals surface area contributed by atoms with E-state index < -0.39 is 0 Å². The van der Waals surface area contributed by atoms with Gasteiger partial charge < -0.3 is 8.98 Å². The van der Waals surface area contributed by atoms with Crippen LogP contribution in [0.2, 0.25) is 0 Å². The van der Waals surface area contributed by atoms with Gasteiger partial charge in [0.2, 0.25) is 0 Å². The highest BCUT2D eigenvalue weighted by Crippen LogP contribution is 2.40. The predicted molar refractivity (Wildman–Crippen MR) is 138 cm³/mol. The Morgan fingerprint density at radius 1 is 0.606 bits per heavy atom. The van der Waals surface area contributed by atoms with E-state index in [0.717, 1.165) is 16.7 Å². The van der Waals surface area contributed by atoms with Crippen molar-refractivity contribution in [2.75, 3.05) is 0 Å². The summed E-state index contributed by atoms with van der Waals surface area (Å²) in [4.78, 5) is 0. The van der Waals surface area contributed by atoms with E-state index in [9.17, 15) is 0 Å². The summed E-state index contributed by atoms with van der Waals surface area (Å²) < 4.78 is 8.74. The lowest BCUT2D eigenvalue weighted by molar-refractivity contribution is 0.670. The molecule has 7 rings (SSSR count). The fraction of sp³-hybridized carbons (Fsp3) is 0.0323. The molecule has 33 heavy (non-hydrogen) atoms. The molecule has 0 radical (unpaired) electrons. The van der Waals surface area contributed by atoms with Crippen LogP contribution in [0.5, 0.6) is 0 Å². The quantitative estimate of drug-likeness (QED) is 0.272. The number of nitrogens with zero attached hydrogens (tertiary/aromatic N) is 1. The van der Waals surface area contributed by atoms with E-state index in [2.05, 4.69) is 115 Å². The highest BCUT2D eigenvalue weighted by molar-refractivity contribution is 6.14. The maximum absolute atomic E-state index is 6.39. The van der Waals surface area contributed by atoms with Crippen LogP contribution in [-0.2, 0) is 0 Å². The van der Waals surface area contributed by atoms with Gasteiger partial charge in [-0.3, -0.25) is 0 Å². The minimum Gasteiger partial charge on any atom is -0.455 e. The maximum atomic E-state index is 6.39. The van der Waals surface area contributed by atoms with E-state index in [1.807, 2.05) is 6.07 Å². The normalized spacial score (nSPS) is 11.8. The van der Waals surface area contributed by atoms with Crippen LogP contribution in [0.25, 0.3) is 60.6 Å². The molecule has 0 amide bonds. The SMILES string of the molecule is Cc1ccc(-c2ccc3c(c2)c2ccccc2n3-c2ccccc2)c2oc3ccccc3c12. The van der Waals surface area contributed by atoms with Crippen molar-refractivity contribution in [2.45, 2.75) is 6.92 Å². The third-order valence-corrected chi connectivity index (χ3v) is 6.73. The maximum Gasteiger partial charge on any atom is 0.143 e. The van der Waals surface area contributed by atoms with Gasteiger partial charge in [-0.1, -0.05) is 72.8 Å². The van der Waals surface area contributed by atoms with Crippen molar-refractivity contribution in [3.05, 3.63) is 115 Å². The molecule has 0 saturated carbocycles. The van der Waals surface area contributed by atoms with Crippen molar-refractivity contribution in [1.82, 2.24) is 4.57 Å². The fourth-order valence-corrected chi connectivity index (χ4v) is 5.22. The highest BCUT2D eigenvalue weighted by Gasteiger charge is 2.17. The second-order valence-corrected chi connectivity index (χ2v) is 8.65. The molecular formula is C31H21NO. The molecule has 0 N–H and O–H groups in total. The van der Waals surface area contributed by atoms with Crippen molar-refractivity contribution in [3.63, 3.8) is 0 Å². The standard InChI is InChI=1S/C31H21NO/c1-20-15-17-23(31-30(20)25-12-6-8-14-29(25)33-31)21-16-18-28-26(19-21)24-11-5-7-13-27(24)32(28)22-9-3-2-4-10-22/h2-19H,1H3. The molecule has 0 spiro atoms. The van der Waals surface area contributed by atoms with Gasteiger partial charge in [0.05, 0.1) is 11.0 Å². The average Bonchev–Trinajstić information content (AvgIpc) is 3.41. The molecule has 0 aliphatic carbocycles. The smallest absolute Gasteiger partial charge is 0.143 e. The van der Waals surface area contributed by atoms with Crippen LogP contribution < -0.4 is 0 Å². The average molecular weight is 424 g/mol. The predicted octanol–water partition coefficient (Wildman–Crippen LogP) is 8.66. The van der Waals surface area contributed by atoms with E-state index in [-0.39, 0.29) is 0 Å². The minimum absolute atomic E-state index is 0.935. The number of para-hydroxylation sites is 3. The Morgan fingerprint density at radius 2 is 1.33 bits per heavy atom. The van der Waals surface area contributed by atoms with Crippen molar-refractivity contribution >= 4 is 43.7 Å². The molecule has 5 aromatic carbocycles. The molecule has 2 nitrogen and oxygen atoms in total. The number of fused-ring (bicyclic) bond motifs is 6. The summed E-state index contributed by atoms with van der Waals surface area (Å²) in [6.07, 6.45) is 0. The topological polar surface area (TPSA) is 18.1 Å². The van der Waals surface area contributed by atoms with Gasteiger partial charge in [0.1, 0.15) is 11.2 Å². The summed E-state index contributed by atoms with van der Waals surface area (Å²) in [5.74, 6) is 0. The molecule has 0 bridgehead atoms. The molecule has 7 aromatic rings. The van der Waals surface area contributed by atoms with E-state index in [1.165, 1.54) is 49.4 Å². The number of benzene rings is 5. The molecule has 0 aliphatic heterocycles. The van der Waals surface area contributed by atoms with Crippen LogP contribution in [0, 0.1) is 6.92 Å². The Balaban J connectivity index is 1.55. The zero-order chi connectivity index (χ0) is 21.9. The van der Waals surface area contributed by atoms with E-state index in [0.29, 0.717) is 0 Å². The van der Waals surface area contributed by atoms with E-state index >= 15 is 0 Å². The summed E-state index contributed by atoms with van der Waals surface area (Å²) in [7, 11) is 0. The van der Waals surface area contributed by atoms with Gasteiger partial charge in [-0.15, -0.1) is 0 Å². The second kappa shape index (κ2) is 6.85. The lowest BCUT2D eigenvalue weighted by Crippen LogP contribution is -1.92. The van der Waals surface area contributed by atoms with Gasteiger partial charge in [0, 0.05) is 32.8 Å². The number of hydrogen-bond donors (Lipinski definition) is 0. The number of furan rings is 1. The van der Waals surface area contributed by atoms with Crippen LogP contribution in [0.3, 0.4) is 0 Å². The Kier molecular flexibility index (Phi) is 3.80. The number of hydrogen-bond acceptors (Lipinski definition) is 1. The first-order valence-corrected chi connectivity index (χ1v) is 11.3. The highest BCUT2D eigenvalue weighted by atomic mass is 16.3. The largest absolute Gasteiger partial charge is 0.455 e. The zero-order valence-electron chi connectivity index (χ0n) is 18.2.